The van der Waals surface area contributed by atoms with Gasteiger partial charge in [-0.3, -0.25) is 4.90 Å². The molecule has 2 aromatic rings. The highest BCUT2D eigenvalue weighted by Crippen LogP contribution is 2.33. The van der Waals surface area contributed by atoms with Crippen LogP contribution < -0.4 is 14.2 Å². The van der Waals surface area contributed by atoms with Gasteiger partial charge in [-0.2, -0.15) is 0 Å². The van der Waals surface area contributed by atoms with Gasteiger partial charge in [-0.25, -0.2) is 0 Å². The number of phenolic OH excluding ortho intramolecular Hbond substituents is 1. The van der Waals surface area contributed by atoms with Crippen LogP contribution in [-0.2, 0) is 13.1 Å². The summed E-state index contributed by atoms with van der Waals surface area (Å²) in [6.07, 6.45) is 1.04. The molecule has 1 aliphatic rings. The van der Waals surface area contributed by atoms with E-state index in [0.29, 0.717) is 18.9 Å². The lowest BCUT2D eigenvalue weighted by molar-refractivity contribution is 0.138. The molecule has 2 aromatic carbocycles. The van der Waals surface area contributed by atoms with Gasteiger partial charge in [0.05, 0.1) is 13.7 Å². The van der Waals surface area contributed by atoms with Crippen molar-refractivity contribution in [3.05, 3.63) is 47.5 Å². The van der Waals surface area contributed by atoms with Crippen LogP contribution in [-0.4, -0.2) is 36.4 Å². The van der Waals surface area contributed by atoms with Crippen LogP contribution in [0, 0.1) is 0 Å². The zero-order valence-corrected chi connectivity index (χ0v) is 15.7. The topological polar surface area (TPSA) is 51.2 Å². The van der Waals surface area contributed by atoms with Crippen molar-refractivity contribution >= 4 is 0 Å². The molecule has 0 radical (unpaired) electrons. The van der Waals surface area contributed by atoms with E-state index in [9.17, 15) is 5.11 Å². The van der Waals surface area contributed by atoms with Gasteiger partial charge >= 0.3 is 0 Å². The average molecular weight is 357 g/mol. The molecule has 0 bridgehead atoms. The molecule has 5 nitrogen and oxygen atoms in total. The number of aromatic hydroxyl groups is 1. The number of benzene rings is 2. The molecule has 1 heterocycles. The predicted octanol–water partition coefficient (Wildman–Crippen LogP) is 3.97. The van der Waals surface area contributed by atoms with Crippen LogP contribution in [0.4, 0.5) is 0 Å². The Kier molecular flexibility index (Phi) is 5.89. The Labute approximate surface area is 155 Å². The molecule has 0 spiro atoms. The third kappa shape index (κ3) is 4.05. The standard InChI is InChI=1S/C21H27NO4/c1-4-17-14-22(12-15-7-6-8-20(21(15)23)25-5-2)13-16-11-18(24-3)9-10-19(16)26-17/h6-11,17,23H,4-5,12-14H2,1-3H3. The summed E-state index contributed by atoms with van der Waals surface area (Å²) in [5, 5.41) is 10.5. The maximum atomic E-state index is 10.5. The van der Waals surface area contributed by atoms with E-state index in [1.807, 2.05) is 37.3 Å². The zero-order chi connectivity index (χ0) is 18.5. The SMILES string of the molecule is CCOc1cccc(CN2Cc3cc(OC)ccc3OC(CC)C2)c1O. The van der Waals surface area contributed by atoms with Gasteiger partial charge in [-0.15, -0.1) is 0 Å². The molecular weight excluding hydrogens is 330 g/mol. The smallest absolute Gasteiger partial charge is 0.162 e. The van der Waals surface area contributed by atoms with Gasteiger partial charge in [-0.05, 0) is 37.6 Å². The summed E-state index contributed by atoms with van der Waals surface area (Å²) in [5.41, 5.74) is 1.96. The molecule has 0 aromatic heterocycles. The second-order valence-electron chi connectivity index (χ2n) is 6.49. The van der Waals surface area contributed by atoms with Crippen LogP contribution >= 0.6 is 0 Å². The Morgan fingerprint density at radius 2 is 2.08 bits per heavy atom. The molecule has 1 N–H and O–H groups in total. The average Bonchev–Trinajstić information content (AvgIpc) is 2.83. The third-order valence-electron chi connectivity index (χ3n) is 4.65. The molecular formula is C21H27NO4. The van der Waals surface area contributed by atoms with Gasteiger partial charge in [0, 0.05) is 30.8 Å². The van der Waals surface area contributed by atoms with Crippen molar-refractivity contribution in [3.63, 3.8) is 0 Å². The fourth-order valence-corrected chi connectivity index (χ4v) is 3.27. The summed E-state index contributed by atoms with van der Waals surface area (Å²) >= 11 is 0. The van der Waals surface area contributed by atoms with Crippen molar-refractivity contribution in [1.29, 1.82) is 0 Å². The fraction of sp³-hybridized carbons (Fsp3) is 0.429. The number of phenols is 1. The number of methoxy groups -OCH3 is 1. The quantitative estimate of drug-likeness (QED) is 0.848. The van der Waals surface area contributed by atoms with Crippen molar-refractivity contribution < 1.29 is 19.3 Å². The van der Waals surface area contributed by atoms with Crippen molar-refractivity contribution in [2.45, 2.75) is 39.5 Å². The number of hydrogen-bond acceptors (Lipinski definition) is 5. The Morgan fingerprint density at radius 3 is 2.81 bits per heavy atom. The minimum Gasteiger partial charge on any atom is -0.504 e. The summed E-state index contributed by atoms with van der Waals surface area (Å²) in [6.45, 7) is 6.73. The largest absolute Gasteiger partial charge is 0.504 e. The summed E-state index contributed by atoms with van der Waals surface area (Å²) in [7, 11) is 1.67. The lowest BCUT2D eigenvalue weighted by atomic mass is 10.1. The Morgan fingerprint density at radius 1 is 1.23 bits per heavy atom. The number of hydrogen-bond donors (Lipinski definition) is 1. The predicted molar refractivity (Wildman–Crippen MR) is 101 cm³/mol. The van der Waals surface area contributed by atoms with Crippen LogP contribution in [0.25, 0.3) is 0 Å². The van der Waals surface area contributed by atoms with Crippen LogP contribution in [0.5, 0.6) is 23.0 Å². The molecule has 1 atom stereocenters. The molecule has 0 aliphatic carbocycles. The highest BCUT2D eigenvalue weighted by Gasteiger charge is 2.23. The van der Waals surface area contributed by atoms with E-state index in [1.54, 1.807) is 13.2 Å². The van der Waals surface area contributed by atoms with Gasteiger partial charge in [0.15, 0.2) is 11.5 Å². The van der Waals surface area contributed by atoms with Crippen LogP contribution in [0.2, 0.25) is 0 Å². The van der Waals surface area contributed by atoms with E-state index in [4.69, 9.17) is 14.2 Å². The Bertz CT molecular complexity index is 747. The van der Waals surface area contributed by atoms with E-state index in [2.05, 4.69) is 11.8 Å². The molecule has 1 unspecified atom stereocenters. The van der Waals surface area contributed by atoms with Gasteiger partial charge in [-0.1, -0.05) is 19.1 Å². The summed E-state index contributed by atoms with van der Waals surface area (Å²) in [5.74, 6) is 2.49. The first-order valence-corrected chi connectivity index (χ1v) is 9.14. The first-order chi connectivity index (χ1) is 12.6. The molecule has 3 rings (SSSR count). The minimum absolute atomic E-state index is 0.113. The Balaban J connectivity index is 1.86. The van der Waals surface area contributed by atoms with Crippen LogP contribution in [0.1, 0.15) is 31.4 Å². The van der Waals surface area contributed by atoms with Gasteiger partial charge < -0.3 is 19.3 Å². The number of rotatable bonds is 6. The summed E-state index contributed by atoms with van der Waals surface area (Å²) in [6, 6.07) is 11.6. The van der Waals surface area contributed by atoms with Gasteiger partial charge in [0.1, 0.15) is 17.6 Å². The van der Waals surface area contributed by atoms with Crippen molar-refractivity contribution in [1.82, 2.24) is 4.90 Å². The van der Waals surface area contributed by atoms with Crippen molar-refractivity contribution in [2.75, 3.05) is 20.3 Å². The molecule has 0 fully saturated rings. The molecule has 0 saturated heterocycles. The normalized spacial score (nSPS) is 17.1. The van der Waals surface area contributed by atoms with Gasteiger partial charge in [0.25, 0.3) is 0 Å². The van der Waals surface area contributed by atoms with E-state index >= 15 is 0 Å². The zero-order valence-electron chi connectivity index (χ0n) is 15.7. The van der Waals surface area contributed by atoms with E-state index in [1.165, 1.54) is 0 Å². The molecule has 140 valence electrons. The monoisotopic (exact) mass is 357 g/mol. The number of ether oxygens (including phenoxy) is 3. The first-order valence-electron chi connectivity index (χ1n) is 9.14. The lowest BCUT2D eigenvalue weighted by Gasteiger charge is -2.24. The highest BCUT2D eigenvalue weighted by molar-refractivity contribution is 5.46. The third-order valence-corrected chi connectivity index (χ3v) is 4.65. The molecule has 5 heteroatoms. The molecule has 0 amide bonds. The fourth-order valence-electron chi connectivity index (χ4n) is 3.27. The summed E-state index contributed by atoms with van der Waals surface area (Å²) in [4.78, 5) is 2.30. The Hall–Kier alpha value is -2.40. The minimum atomic E-state index is 0.113. The number of para-hydroxylation sites is 1. The van der Waals surface area contributed by atoms with E-state index in [0.717, 1.165) is 42.1 Å². The van der Waals surface area contributed by atoms with Crippen LogP contribution in [0.3, 0.4) is 0 Å². The molecule has 1 aliphatic heterocycles. The lowest BCUT2D eigenvalue weighted by Crippen LogP contribution is -2.32. The number of fused-ring (bicyclic) bond motifs is 1. The van der Waals surface area contributed by atoms with Crippen molar-refractivity contribution in [3.8, 4) is 23.0 Å². The first kappa shape index (κ1) is 18.4. The van der Waals surface area contributed by atoms with Crippen molar-refractivity contribution in [2.24, 2.45) is 0 Å². The highest BCUT2D eigenvalue weighted by atomic mass is 16.5. The maximum Gasteiger partial charge on any atom is 0.162 e. The van der Waals surface area contributed by atoms with Crippen LogP contribution in [0.15, 0.2) is 36.4 Å². The second kappa shape index (κ2) is 8.32. The number of nitrogens with zero attached hydrogens (tertiary/aromatic N) is 1. The second-order valence-corrected chi connectivity index (χ2v) is 6.49. The molecule has 26 heavy (non-hydrogen) atoms. The summed E-state index contributed by atoms with van der Waals surface area (Å²) < 4.78 is 17.1. The maximum absolute atomic E-state index is 10.5. The van der Waals surface area contributed by atoms with Gasteiger partial charge in [0.2, 0.25) is 0 Å². The van der Waals surface area contributed by atoms with E-state index in [-0.39, 0.29) is 11.9 Å². The molecule has 0 saturated carbocycles. The van der Waals surface area contributed by atoms with E-state index < -0.39 is 0 Å².